The zero-order chi connectivity index (χ0) is 32.6. The molecule has 9 heteroatoms. The van der Waals surface area contributed by atoms with Crippen LogP contribution in [0.15, 0.2) is 119 Å². The standard InChI is InChI=1S/C39H41N3O5.ClH/c1-46-38(44)32-20-18-29(19-21-32)28-42-37(43)34-16-8-9-17-35(34)41(39(42)45)25-11-10-24-40-26-22-33(23-27-40)47-36(30-12-4-2-5-13-30)31-14-6-3-7-15-31;/h2-9,12-21,33,36H,10-11,22-28H2,1H3;1H. The molecule has 4 aromatic carbocycles. The molecular formula is C39H42ClN3O5. The van der Waals surface area contributed by atoms with Gasteiger partial charge in [-0.3, -0.25) is 13.9 Å². The Bertz CT molecular complexity index is 1860. The van der Waals surface area contributed by atoms with Gasteiger partial charge in [0.1, 0.15) is 6.10 Å². The van der Waals surface area contributed by atoms with Gasteiger partial charge in [0.25, 0.3) is 5.56 Å². The highest BCUT2D eigenvalue weighted by atomic mass is 35.5. The summed E-state index contributed by atoms with van der Waals surface area (Å²) in [5.74, 6) is -0.431. The number of benzene rings is 4. The molecule has 2 heterocycles. The Kier molecular flexibility index (Phi) is 12.0. The number of unbranched alkanes of at least 4 members (excludes halogenated alkanes) is 1. The molecule has 0 N–H and O–H groups in total. The van der Waals surface area contributed by atoms with Gasteiger partial charge in [-0.05, 0) is 73.2 Å². The number of piperidine rings is 1. The molecule has 0 radical (unpaired) electrons. The van der Waals surface area contributed by atoms with Crippen LogP contribution in [0.3, 0.4) is 0 Å². The van der Waals surface area contributed by atoms with Crippen LogP contribution in [0.4, 0.5) is 0 Å². The number of aryl methyl sites for hydroxylation is 1. The van der Waals surface area contributed by atoms with Gasteiger partial charge in [-0.25, -0.2) is 9.59 Å². The van der Waals surface area contributed by atoms with Gasteiger partial charge in [-0.1, -0.05) is 84.9 Å². The summed E-state index contributed by atoms with van der Waals surface area (Å²) in [5, 5.41) is 0.518. The van der Waals surface area contributed by atoms with Crippen molar-refractivity contribution in [2.45, 2.75) is 51.0 Å². The Balaban J connectivity index is 0.00000451. The highest BCUT2D eigenvalue weighted by Crippen LogP contribution is 2.30. The number of carbonyl (C=O) groups is 1. The molecule has 48 heavy (non-hydrogen) atoms. The molecule has 1 aliphatic rings. The summed E-state index contributed by atoms with van der Waals surface area (Å²) < 4.78 is 14.5. The van der Waals surface area contributed by atoms with E-state index in [-0.39, 0.29) is 42.4 Å². The average molecular weight is 668 g/mol. The number of rotatable bonds is 12. The van der Waals surface area contributed by atoms with Crippen LogP contribution in [0.5, 0.6) is 0 Å². The Hall–Kier alpha value is -4.50. The van der Waals surface area contributed by atoms with Crippen LogP contribution < -0.4 is 11.2 Å². The van der Waals surface area contributed by atoms with E-state index in [0.29, 0.717) is 23.0 Å². The summed E-state index contributed by atoms with van der Waals surface area (Å²) in [6.45, 7) is 3.55. The predicted octanol–water partition coefficient (Wildman–Crippen LogP) is 6.47. The number of nitrogens with zero attached hydrogens (tertiary/aromatic N) is 3. The van der Waals surface area contributed by atoms with E-state index in [4.69, 9.17) is 9.47 Å². The topological polar surface area (TPSA) is 82.8 Å². The van der Waals surface area contributed by atoms with Gasteiger partial charge in [0.15, 0.2) is 0 Å². The molecule has 1 aromatic heterocycles. The Morgan fingerprint density at radius 3 is 1.96 bits per heavy atom. The molecule has 0 bridgehead atoms. The second-order valence-electron chi connectivity index (χ2n) is 12.1. The van der Waals surface area contributed by atoms with E-state index in [1.165, 1.54) is 22.8 Å². The minimum atomic E-state index is -0.431. The molecule has 1 aliphatic heterocycles. The maximum atomic E-state index is 13.7. The highest BCUT2D eigenvalue weighted by Gasteiger charge is 2.24. The van der Waals surface area contributed by atoms with Crippen molar-refractivity contribution in [2.75, 3.05) is 26.7 Å². The lowest BCUT2D eigenvalue weighted by Gasteiger charge is -2.34. The number of hydrogen-bond donors (Lipinski definition) is 0. The van der Waals surface area contributed by atoms with E-state index in [1.54, 1.807) is 34.9 Å². The molecule has 250 valence electrons. The number of aromatic nitrogens is 2. The van der Waals surface area contributed by atoms with E-state index < -0.39 is 5.97 Å². The van der Waals surface area contributed by atoms with Crippen molar-refractivity contribution >= 4 is 29.3 Å². The van der Waals surface area contributed by atoms with Gasteiger partial charge in [0.05, 0.1) is 36.2 Å². The molecule has 0 atom stereocenters. The number of para-hydroxylation sites is 1. The van der Waals surface area contributed by atoms with Crippen LogP contribution in [-0.4, -0.2) is 52.9 Å². The normalized spacial score (nSPS) is 13.8. The Labute approximate surface area is 287 Å². The van der Waals surface area contributed by atoms with Gasteiger partial charge < -0.3 is 14.4 Å². The van der Waals surface area contributed by atoms with Gasteiger partial charge in [0.2, 0.25) is 0 Å². The zero-order valence-electron chi connectivity index (χ0n) is 27.2. The number of hydrogen-bond acceptors (Lipinski definition) is 6. The maximum Gasteiger partial charge on any atom is 0.337 e. The van der Waals surface area contributed by atoms with E-state index >= 15 is 0 Å². The van der Waals surface area contributed by atoms with Gasteiger partial charge >= 0.3 is 11.7 Å². The zero-order valence-corrected chi connectivity index (χ0v) is 28.0. The van der Waals surface area contributed by atoms with Crippen molar-refractivity contribution in [2.24, 2.45) is 0 Å². The summed E-state index contributed by atoms with van der Waals surface area (Å²) in [6.07, 6.45) is 3.83. The predicted molar refractivity (Wildman–Crippen MR) is 191 cm³/mol. The fraction of sp³-hybridized carbons (Fsp3) is 0.308. The van der Waals surface area contributed by atoms with Gasteiger partial charge in [-0.2, -0.15) is 0 Å². The summed E-state index contributed by atoms with van der Waals surface area (Å²) in [4.78, 5) is 41.4. The molecule has 1 fully saturated rings. The minimum absolute atomic E-state index is 0. The van der Waals surface area contributed by atoms with E-state index in [9.17, 15) is 14.4 Å². The van der Waals surface area contributed by atoms with Crippen molar-refractivity contribution < 1.29 is 14.3 Å². The lowest BCUT2D eigenvalue weighted by Crippen LogP contribution is -2.40. The monoisotopic (exact) mass is 667 g/mol. The van der Waals surface area contributed by atoms with Crippen LogP contribution in [0.2, 0.25) is 0 Å². The summed E-state index contributed by atoms with van der Waals surface area (Å²) >= 11 is 0. The number of likely N-dealkylation sites (tertiary alicyclic amines) is 1. The fourth-order valence-electron chi connectivity index (χ4n) is 6.45. The fourth-order valence-corrected chi connectivity index (χ4v) is 6.45. The van der Waals surface area contributed by atoms with Crippen LogP contribution >= 0.6 is 12.4 Å². The number of methoxy groups -OCH3 is 1. The summed E-state index contributed by atoms with van der Waals surface area (Å²) in [6, 6.07) is 35.0. The summed E-state index contributed by atoms with van der Waals surface area (Å²) in [7, 11) is 1.33. The van der Waals surface area contributed by atoms with Crippen LogP contribution in [0.1, 0.15) is 58.8 Å². The first-order valence-electron chi connectivity index (χ1n) is 16.4. The Morgan fingerprint density at radius 2 is 1.33 bits per heavy atom. The number of halogens is 1. The molecule has 0 aliphatic carbocycles. The van der Waals surface area contributed by atoms with Gasteiger partial charge in [-0.15, -0.1) is 12.4 Å². The quantitative estimate of drug-likeness (QED) is 0.112. The van der Waals surface area contributed by atoms with Crippen LogP contribution in [-0.2, 0) is 22.6 Å². The van der Waals surface area contributed by atoms with E-state index in [0.717, 1.165) is 50.9 Å². The Morgan fingerprint density at radius 1 is 0.750 bits per heavy atom. The van der Waals surface area contributed by atoms with Crippen LogP contribution in [0, 0.1) is 0 Å². The second-order valence-corrected chi connectivity index (χ2v) is 12.1. The van der Waals surface area contributed by atoms with Gasteiger partial charge in [0, 0.05) is 19.6 Å². The van der Waals surface area contributed by atoms with Crippen molar-refractivity contribution in [1.29, 1.82) is 0 Å². The molecular weight excluding hydrogens is 626 g/mol. The highest BCUT2D eigenvalue weighted by molar-refractivity contribution is 5.89. The lowest BCUT2D eigenvalue weighted by atomic mass is 10.00. The number of fused-ring (bicyclic) bond motifs is 1. The number of ether oxygens (including phenoxy) is 2. The smallest absolute Gasteiger partial charge is 0.337 e. The summed E-state index contributed by atoms with van der Waals surface area (Å²) in [5.41, 5.74) is 3.54. The first kappa shape index (κ1) is 34.8. The molecule has 5 aromatic rings. The molecule has 1 saturated heterocycles. The van der Waals surface area contributed by atoms with Crippen LogP contribution in [0.25, 0.3) is 10.9 Å². The molecule has 6 rings (SSSR count). The van der Waals surface area contributed by atoms with Crippen molar-refractivity contribution in [3.8, 4) is 0 Å². The molecule has 0 saturated carbocycles. The largest absolute Gasteiger partial charge is 0.465 e. The lowest BCUT2D eigenvalue weighted by molar-refractivity contribution is -0.0271. The first-order valence-corrected chi connectivity index (χ1v) is 16.4. The first-order chi connectivity index (χ1) is 23.0. The third-order valence-electron chi connectivity index (χ3n) is 9.02. The third kappa shape index (κ3) is 8.13. The SMILES string of the molecule is COC(=O)c1ccc(Cn2c(=O)c3ccccc3n(CCCCN3CCC(OC(c4ccccc4)c4ccccc4)CC3)c2=O)cc1.Cl. The number of esters is 1. The van der Waals surface area contributed by atoms with E-state index in [1.807, 2.05) is 30.3 Å². The number of carbonyl (C=O) groups excluding carboxylic acids is 1. The van der Waals surface area contributed by atoms with Crippen molar-refractivity contribution in [3.05, 3.63) is 152 Å². The second kappa shape index (κ2) is 16.6. The molecule has 0 spiro atoms. The van der Waals surface area contributed by atoms with Crippen molar-refractivity contribution in [1.82, 2.24) is 14.0 Å². The molecule has 0 unspecified atom stereocenters. The minimum Gasteiger partial charge on any atom is -0.465 e. The average Bonchev–Trinajstić information content (AvgIpc) is 3.13. The van der Waals surface area contributed by atoms with E-state index in [2.05, 4.69) is 53.4 Å². The van der Waals surface area contributed by atoms with Crippen molar-refractivity contribution in [3.63, 3.8) is 0 Å². The maximum absolute atomic E-state index is 13.7. The third-order valence-corrected chi connectivity index (χ3v) is 9.02. The molecule has 0 amide bonds. The molecule has 8 nitrogen and oxygen atoms in total.